The van der Waals surface area contributed by atoms with Crippen LogP contribution in [0.5, 0.6) is 0 Å². The number of aryl methyl sites for hydroxylation is 1. The summed E-state index contributed by atoms with van der Waals surface area (Å²) >= 11 is 1.13. The van der Waals surface area contributed by atoms with Crippen LogP contribution in [0.2, 0.25) is 0 Å². The Morgan fingerprint density at radius 2 is 2.33 bits per heavy atom. The minimum atomic E-state index is -0.0834. The predicted octanol–water partition coefficient (Wildman–Crippen LogP) is 1.00. The van der Waals surface area contributed by atoms with Crippen molar-refractivity contribution < 1.29 is 9.53 Å². The number of carbonyl (C=O) groups is 1. The van der Waals surface area contributed by atoms with Crippen molar-refractivity contribution in [3.8, 4) is 0 Å². The normalized spacial score (nSPS) is 10.3. The van der Waals surface area contributed by atoms with Gasteiger partial charge >= 0.3 is 0 Å². The van der Waals surface area contributed by atoms with Gasteiger partial charge in [0.2, 0.25) is 0 Å². The van der Waals surface area contributed by atoms with E-state index in [0.29, 0.717) is 17.1 Å². The van der Waals surface area contributed by atoms with E-state index in [-0.39, 0.29) is 5.91 Å². The van der Waals surface area contributed by atoms with Crippen molar-refractivity contribution in [2.75, 3.05) is 20.3 Å². The van der Waals surface area contributed by atoms with Crippen LogP contribution in [0.3, 0.4) is 0 Å². The molecule has 0 radical (unpaired) electrons. The Morgan fingerprint density at radius 3 is 2.93 bits per heavy atom. The molecule has 1 aromatic heterocycles. The van der Waals surface area contributed by atoms with Gasteiger partial charge in [-0.1, -0.05) is 4.49 Å². The van der Waals surface area contributed by atoms with Crippen molar-refractivity contribution in [3.63, 3.8) is 0 Å². The zero-order valence-electron chi connectivity index (χ0n) is 8.95. The lowest BCUT2D eigenvalue weighted by Crippen LogP contribution is -2.24. The van der Waals surface area contributed by atoms with E-state index in [1.54, 1.807) is 14.0 Å². The van der Waals surface area contributed by atoms with Gasteiger partial charge < -0.3 is 10.1 Å². The molecular weight excluding hydrogens is 214 g/mol. The highest BCUT2D eigenvalue weighted by molar-refractivity contribution is 7.07. The highest BCUT2D eigenvalue weighted by Gasteiger charge is 2.11. The molecule has 5 nitrogen and oxygen atoms in total. The first-order valence-corrected chi connectivity index (χ1v) is 5.59. The SMILES string of the molecule is COCCCCNC(=O)c1snnc1C. The second-order valence-electron chi connectivity index (χ2n) is 3.14. The number of rotatable bonds is 6. The second kappa shape index (κ2) is 6.47. The summed E-state index contributed by atoms with van der Waals surface area (Å²) in [5, 5.41) is 6.60. The molecule has 1 N–H and O–H groups in total. The summed E-state index contributed by atoms with van der Waals surface area (Å²) in [6, 6.07) is 0. The molecular formula is C9H15N3O2S. The van der Waals surface area contributed by atoms with Crippen LogP contribution in [0.15, 0.2) is 0 Å². The van der Waals surface area contributed by atoms with Crippen molar-refractivity contribution in [1.82, 2.24) is 14.9 Å². The monoisotopic (exact) mass is 229 g/mol. The second-order valence-corrected chi connectivity index (χ2v) is 3.90. The van der Waals surface area contributed by atoms with Crippen molar-refractivity contribution in [2.45, 2.75) is 19.8 Å². The minimum absolute atomic E-state index is 0.0834. The maximum absolute atomic E-state index is 11.5. The van der Waals surface area contributed by atoms with Gasteiger partial charge in [0.15, 0.2) is 0 Å². The van der Waals surface area contributed by atoms with E-state index < -0.39 is 0 Å². The molecule has 1 heterocycles. The largest absolute Gasteiger partial charge is 0.385 e. The van der Waals surface area contributed by atoms with E-state index in [0.717, 1.165) is 31.0 Å². The number of methoxy groups -OCH3 is 1. The first-order valence-electron chi connectivity index (χ1n) is 4.81. The van der Waals surface area contributed by atoms with Crippen molar-refractivity contribution in [2.24, 2.45) is 0 Å². The molecule has 1 amide bonds. The predicted molar refractivity (Wildman–Crippen MR) is 58.1 cm³/mol. The van der Waals surface area contributed by atoms with Gasteiger partial charge in [-0.05, 0) is 31.3 Å². The lowest BCUT2D eigenvalue weighted by Gasteiger charge is -2.02. The first-order chi connectivity index (χ1) is 7.25. The van der Waals surface area contributed by atoms with E-state index in [9.17, 15) is 4.79 Å². The van der Waals surface area contributed by atoms with Crippen LogP contribution in [-0.4, -0.2) is 35.8 Å². The average molecular weight is 229 g/mol. The van der Waals surface area contributed by atoms with Crippen molar-refractivity contribution >= 4 is 17.4 Å². The minimum Gasteiger partial charge on any atom is -0.385 e. The van der Waals surface area contributed by atoms with Crippen LogP contribution in [-0.2, 0) is 4.74 Å². The Morgan fingerprint density at radius 1 is 1.53 bits per heavy atom. The van der Waals surface area contributed by atoms with E-state index >= 15 is 0 Å². The summed E-state index contributed by atoms with van der Waals surface area (Å²) < 4.78 is 8.62. The van der Waals surface area contributed by atoms with Gasteiger partial charge in [0.25, 0.3) is 5.91 Å². The summed E-state index contributed by atoms with van der Waals surface area (Å²) in [5.41, 5.74) is 0.689. The summed E-state index contributed by atoms with van der Waals surface area (Å²) in [7, 11) is 1.67. The standard InChI is InChI=1S/C9H15N3O2S/c1-7-8(15-12-11-7)9(13)10-5-3-4-6-14-2/h3-6H2,1-2H3,(H,10,13). The quantitative estimate of drug-likeness (QED) is 0.739. The van der Waals surface area contributed by atoms with E-state index in [2.05, 4.69) is 14.9 Å². The number of carbonyl (C=O) groups excluding carboxylic acids is 1. The Bertz CT molecular complexity index is 314. The van der Waals surface area contributed by atoms with Crippen LogP contribution >= 0.6 is 11.5 Å². The topological polar surface area (TPSA) is 64.1 Å². The number of amides is 1. The number of hydrogen-bond acceptors (Lipinski definition) is 5. The third-order valence-corrected chi connectivity index (χ3v) is 2.75. The van der Waals surface area contributed by atoms with Gasteiger partial charge in [-0.15, -0.1) is 5.10 Å². The number of hydrogen-bond donors (Lipinski definition) is 1. The Balaban J connectivity index is 2.22. The molecule has 0 aliphatic rings. The zero-order valence-corrected chi connectivity index (χ0v) is 9.76. The molecule has 0 aromatic carbocycles. The van der Waals surface area contributed by atoms with Crippen LogP contribution < -0.4 is 5.32 Å². The van der Waals surface area contributed by atoms with Crippen molar-refractivity contribution in [3.05, 3.63) is 10.6 Å². The van der Waals surface area contributed by atoms with Gasteiger partial charge in [0, 0.05) is 20.3 Å². The lowest BCUT2D eigenvalue weighted by molar-refractivity contribution is 0.0954. The summed E-state index contributed by atoms with van der Waals surface area (Å²) in [6.07, 6.45) is 1.88. The Kier molecular flexibility index (Phi) is 5.20. The molecule has 15 heavy (non-hydrogen) atoms. The zero-order chi connectivity index (χ0) is 11.1. The highest BCUT2D eigenvalue weighted by atomic mass is 32.1. The number of nitrogens with zero attached hydrogens (tertiary/aromatic N) is 2. The molecule has 0 saturated heterocycles. The van der Waals surface area contributed by atoms with Crippen LogP contribution in [0.25, 0.3) is 0 Å². The molecule has 1 rings (SSSR count). The molecule has 84 valence electrons. The smallest absolute Gasteiger partial charge is 0.264 e. The van der Waals surface area contributed by atoms with E-state index in [1.807, 2.05) is 0 Å². The number of nitrogens with one attached hydrogen (secondary N) is 1. The fourth-order valence-corrected chi connectivity index (χ4v) is 1.67. The molecule has 0 spiro atoms. The number of unbranched alkanes of at least 4 members (excludes halogenated alkanes) is 1. The van der Waals surface area contributed by atoms with Crippen LogP contribution in [0.4, 0.5) is 0 Å². The number of ether oxygens (including phenoxy) is 1. The molecule has 0 fully saturated rings. The molecule has 0 aliphatic carbocycles. The Hall–Kier alpha value is -1.01. The molecule has 0 unspecified atom stereocenters. The van der Waals surface area contributed by atoms with Gasteiger partial charge in [-0.25, -0.2) is 0 Å². The van der Waals surface area contributed by atoms with E-state index in [4.69, 9.17) is 4.74 Å². The number of aromatic nitrogens is 2. The molecule has 0 atom stereocenters. The molecule has 0 bridgehead atoms. The fourth-order valence-electron chi connectivity index (χ4n) is 1.09. The van der Waals surface area contributed by atoms with Crippen LogP contribution in [0.1, 0.15) is 28.2 Å². The van der Waals surface area contributed by atoms with Crippen LogP contribution in [0, 0.1) is 6.92 Å². The summed E-state index contributed by atoms with van der Waals surface area (Å²) in [6.45, 7) is 3.18. The molecule has 0 aliphatic heterocycles. The third kappa shape index (κ3) is 3.93. The van der Waals surface area contributed by atoms with Gasteiger partial charge in [-0.3, -0.25) is 4.79 Å². The average Bonchev–Trinajstić information content (AvgIpc) is 2.64. The third-order valence-electron chi connectivity index (χ3n) is 1.92. The summed E-state index contributed by atoms with van der Waals surface area (Å²) in [4.78, 5) is 12.1. The summed E-state index contributed by atoms with van der Waals surface area (Å²) in [5.74, 6) is -0.0834. The Labute approximate surface area is 93.0 Å². The lowest BCUT2D eigenvalue weighted by atomic mass is 10.3. The fraction of sp³-hybridized carbons (Fsp3) is 0.667. The van der Waals surface area contributed by atoms with Gasteiger partial charge in [-0.2, -0.15) is 0 Å². The molecule has 1 aromatic rings. The molecule has 0 saturated carbocycles. The van der Waals surface area contributed by atoms with Gasteiger partial charge in [0.05, 0.1) is 5.69 Å². The van der Waals surface area contributed by atoms with Gasteiger partial charge in [0.1, 0.15) is 4.88 Å². The maximum atomic E-state index is 11.5. The maximum Gasteiger partial charge on any atom is 0.264 e. The van der Waals surface area contributed by atoms with Crippen molar-refractivity contribution in [1.29, 1.82) is 0 Å². The first kappa shape index (κ1) is 12.1. The van der Waals surface area contributed by atoms with E-state index in [1.165, 1.54) is 0 Å². The molecule has 6 heteroatoms. The highest BCUT2D eigenvalue weighted by Crippen LogP contribution is 2.08.